The number of rotatable bonds is 1. The first kappa shape index (κ1) is 10.9. The molecule has 3 heteroatoms. The van der Waals surface area contributed by atoms with E-state index in [4.69, 9.17) is 9.94 Å². The summed E-state index contributed by atoms with van der Waals surface area (Å²) in [7, 11) is 1.61. The third-order valence-corrected chi connectivity index (χ3v) is 2.05. The van der Waals surface area contributed by atoms with E-state index in [2.05, 4.69) is 0 Å². The monoisotopic (exact) mass is 195 g/mol. The zero-order valence-corrected chi connectivity index (χ0v) is 8.95. The molecule has 0 radical (unpaired) electrons. The van der Waals surface area contributed by atoms with E-state index in [0.717, 1.165) is 29.5 Å². The molecule has 0 amide bonds. The Morgan fingerprint density at radius 3 is 2.71 bits per heavy atom. The van der Waals surface area contributed by atoms with Crippen molar-refractivity contribution in [2.75, 3.05) is 18.7 Å². The molecule has 0 bridgehead atoms. The molecule has 2 rings (SSSR count). The molecular weight excluding hydrogens is 178 g/mol. The van der Waals surface area contributed by atoms with Crippen LogP contribution in [0.5, 0.6) is 5.75 Å². The first-order valence-electron chi connectivity index (χ1n) is 4.96. The highest BCUT2D eigenvalue weighted by Gasteiger charge is 2.12. The maximum atomic E-state index is 9.15. The predicted octanol–water partition coefficient (Wildman–Crippen LogP) is 2.47. The summed E-state index contributed by atoms with van der Waals surface area (Å²) >= 11 is 0. The molecule has 1 aliphatic rings. The number of ether oxygens (including phenoxy) is 1. The number of hydrogen-bond donors (Lipinski definition) is 1. The van der Waals surface area contributed by atoms with Gasteiger partial charge < -0.3 is 4.74 Å². The van der Waals surface area contributed by atoms with E-state index in [9.17, 15) is 0 Å². The highest BCUT2D eigenvalue weighted by Crippen LogP contribution is 2.28. The maximum Gasteiger partial charge on any atom is 0.122 e. The Morgan fingerprint density at radius 1 is 1.36 bits per heavy atom. The molecule has 0 aromatic heterocycles. The topological polar surface area (TPSA) is 32.7 Å². The van der Waals surface area contributed by atoms with Gasteiger partial charge in [-0.05, 0) is 23.8 Å². The lowest BCUT2D eigenvalue weighted by atomic mass is 10.1. The predicted molar refractivity (Wildman–Crippen MR) is 57.2 cm³/mol. The number of benzene rings is 1. The van der Waals surface area contributed by atoms with Crippen LogP contribution in [0.2, 0.25) is 0 Å². The third-order valence-electron chi connectivity index (χ3n) is 2.05. The first-order chi connectivity index (χ1) is 6.77. The lowest BCUT2D eigenvalue weighted by molar-refractivity contribution is 0.279. The van der Waals surface area contributed by atoms with Gasteiger partial charge in [-0.15, -0.1) is 0 Å². The van der Waals surface area contributed by atoms with E-state index in [0.29, 0.717) is 0 Å². The van der Waals surface area contributed by atoms with Crippen molar-refractivity contribution < 1.29 is 9.94 Å². The van der Waals surface area contributed by atoms with Gasteiger partial charge in [0, 0.05) is 13.5 Å². The minimum atomic E-state index is 0.758. The summed E-state index contributed by atoms with van der Waals surface area (Å²) in [5.74, 6) is 0.945. The minimum Gasteiger partial charge on any atom is -0.493 e. The number of hydrogen-bond acceptors (Lipinski definition) is 3. The summed E-state index contributed by atoms with van der Waals surface area (Å²) in [6, 6.07) is 5.68. The van der Waals surface area contributed by atoms with E-state index in [1.54, 1.807) is 7.05 Å². The summed E-state index contributed by atoms with van der Waals surface area (Å²) < 4.78 is 5.33. The molecule has 1 aliphatic heterocycles. The van der Waals surface area contributed by atoms with Crippen molar-refractivity contribution in [3.63, 3.8) is 0 Å². The van der Waals surface area contributed by atoms with Crippen molar-refractivity contribution in [3.8, 4) is 5.75 Å². The zero-order chi connectivity index (χ0) is 10.6. The Balaban J connectivity index is 0.000000461. The lowest BCUT2D eigenvalue weighted by Crippen LogP contribution is -2.09. The molecule has 78 valence electrons. The zero-order valence-electron chi connectivity index (χ0n) is 8.95. The van der Waals surface area contributed by atoms with Crippen LogP contribution >= 0.6 is 0 Å². The average molecular weight is 195 g/mol. The normalized spacial score (nSPS) is 12.3. The second-order valence-corrected chi connectivity index (χ2v) is 2.91. The standard InChI is InChI=1S/C9H11NO2.C2H6/c1-10(11)8-2-3-9-7(6-8)4-5-12-9;1-2/h2-3,6,11H,4-5H2,1H3;1-2H3. The van der Waals surface area contributed by atoms with Gasteiger partial charge in [-0.1, -0.05) is 13.8 Å². The van der Waals surface area contributed by atoms with Crippen molar-refractivity contribution in [2.45, 2.75) is 20.3 Å². The molecule has 1 heterocycles. The van der Waals surface area contributed by atoms with Crippen LogP contribution in [-0.2, 0) is 6.42 Å². The molecule has 1 aromatic carbocycles. The van der Waals surface area contributed by atoms with Gasteiger partial charge in [-0.2, -0.15) is 0 Å². The SMILES string of the molecule is CC.CN(O)c1ccc2c(c1)CCO2. The fourth-order valence-corrected chi connectivity index (χ4v) is 1.37. The molecule has 0 fully saturated rings. The van der Waals surface area contributed by atoms with Gasteiger partial charge in [0.15, 0.2) is 0 Å². The summed E-state index contributed by atoms with van der Waals surface area (Å²) in [6.45, 7) is 4.76. The molecule has 0 spiro atoms. The van der Waals surface area contributed by atoms with E-state index >= 15 is 0 Å². The van der Waals surface area contributed by atoms with Crippen molar-refractivity contribution in [1.82, 2.24) is 0 Å². The molecule has 1 aromatic rings. The lowest BCUT2D eigenvalue weighted by Gasteiger charge is -2.10. The number of fused-ring (bicyclic) bond motifs is 1. The molecule has 0 saturated carbocycles. The fourth-order valence-electron chi connectivity index (χ4n) is 1.37. The summed E-state index contributed by atoms with van der Waals surface area (Å²) in [5, 5.41) is 10.3. The fraction of sp³-hybridized carbons (Fsp3) is 0.455. The van der Waals surface area contributed by atoms with Crippen LogP contribution in [0.1, 0.15) is 19.4 Å². The number of nitrogens with zero attached hydrogens (tertiary/aromatic N) is 1. The van der Waals surface area contributed by atoms with E-state index in [1.165, 1.54) is 5.56 Å². The Bertz CT molecular complexity index is 297. The van der Waals surface area contributed by atoms with Crippen molar-refractivity contribution in [3.05, 3.63) is 23.8 Å². The van der Waals surface area contributed by atoms with Gasteiger partial charge in [-0.3, -0.25) is 10.3 Å². The van der Waals surface area contributed by atoms with Gasteiger partial charge in [0.2, 0.25) is 0 Å². The van der Waals surface area contributed by atoms with Crippen molar-refractivity contribution in [2.24, 2.45) is 0 Å². The summed E-state index contributed by atoms with van der Waals surface area (Å²) in [5.41, 5.74) is 1.98. The van der Waals surface area contributed by atoms with E-state index in [1.807, 2.05) is 32.0 Å². The molecule has 0 aliphatic carbocycles. The second-order valence-electron chi connectivity index (χ2n) is 2.91. The van der Waals surface area contributed by atoms with Gasteiger partial charge in [0.05, 0.1) is 12.3 Å². The van der Waals surface area contributed by atoms with Gasteiger partial charge in [0.1, 0.15) is 5.75 Å². The van der Waals surface area contributed by atoms with Crippen LogP contribution in [0.25, 0.3) is 0 Å². The molecule has 0 atom stereocenters. The largest absolute Gasteiger partial charge is 0.493 e. The van der Waals surface area contributed by atoms with Gasteiger partial charge >= 0.3 is 0 Å². The van der Waals surface area contributed by atoms with E-state index in [-0.39, 0.29) is 0 Å². The van der Waals surface area contributed by atoms with E-state index < -0.39 is 0 Å². The molecule has 1 N–H and O–H groups in total. The first-order valence-corrected chi connectivity index (χ1v) is 4.96. The summed E-state index contributed by atoms with van der Waals surface area (Å²) in [4.78, 5) is 0. The molecule has 0 unspecified atom stereocenters. The molecular formula is C11H17NO2. The second kappa shape index (κ2) is 4.86. The molecule has 3 nitrogen and oxygen atoms in total. The van der Waals surface area contributed by atoms with Crippen molar-refractivity contribution in [1.29, 1.82) is 0 Å². The number of hydroxylamine groups is 1. The summed E-state index contributed by atoms with van der Waals surface area (Å²) in [6.07, 6.45) is 0.941. The van der Waals surface area contributed by atoms with Gasteiger partial charge in [-0.25, -0.2) is 0 Å². The Hall–Kier alpha value is -1.22. The van der Waals surface area contributed by atoms with Crippen LogP contribution in [-0.4, -0.2) is 18.9 Å². The molecule has 0 saturated heterocycles. The smallest absolute Gasteiger partial charge is 0.122 e. The minimum absolute atomic E-state index is 0.758. The van der Waals surface area contributed by atoms with Crippen LogP contribution in [0, 0.1) is 0 Å². The van der Waals surface area contributed by atoms with Crippen molar-refractivity contribution >= 4 is 5.69 Å². The van der Waals surface area contributed by atoms with Crippen LogP contribution in [0.3, 0.4) is 0 Å². The van der Waals surface area contributed by atoms with Crippen LogP contribution in [0.4, 0.5) is 5.69 Å². The Kier molecular flexibility index (Phi) is 3.77. The highest BCUT2D eigenvalue weighted by molar-refractivity contribution is 5.52. The Morgan fingerprint density at radius 2 is 2.07 bits per heavy atom. The third kappa shape index (κ3) is 2.17. The molecule has 14 heavy (non-hydrogen) atoms. The quantitative estimate of drug-likeness (QED) is 0.699. The average Bonchev–Trinajstić information content (AvgIpc) is 2.67. The number of anilines is 1. The highest BCUT2D eigenvalue weighted by atomic mass is 16.5. The van der Waals surface area contributed by atoms with Crippen LogP contribution in [0.15, 0.2) is 18.2 Å². The van der Waals surface area contributed by atoms with Crippen LogP contribution < -0.4 is 9.80 Å². The maximum absolute atomic E-state index is 9.15. The van der Waals surface area contributed by atoms with Gasteiger partial charge in [0.25, 0.3) is 0 Å². The Labute approximate surface area is 84.9 Å².